The summed E-state index contributed by atoms with van der Waals surface area (Å²) >= 11 is 1.20. The van der Waals surface area contributed by atoms with Crippen LogP contribution in [0.1, 0.15) is 24.2 Å². The molecule has 1 fully saturated rings. The second-order valence-corrected chi connectivity index (χ2v) is 5.48. The van der Waals surface area contributed by atoms with Gasteiger partial charge in [-0.1, -0.05) is 0 Å². The van der Waals surface area contributed by atoms with Crippen LogP contribution in [-0.2, 0) is 0 Å². The molecule has 0 aromatic carbocycles. The van der Waals surface area contributed by atoms with Crippen LogP contribution in [0.15, 0.2) is 10.2 Å². The molecular weight excluding hydrogens is 290 g/mol. The van der Waals surface area contributed by atoms with Crippen molar-refractivity contribution in [3.8, 4) is 0 Å². The van der Waals surface area contributed by atoms with Crippen LogP contribution in [0.2, 0.25) is 0 Å². The summed E-state index contributed by atoms with van der Waals surface area (Å²) < 4.78 is 5.76. The Hall–Kier alpha value is -1.91. The van der Waals surface area contributed by atoms with Gasteiger partial charge in [0.05, 0.1) is 5.69 Å². The van der Waals surface area contributed by atoms with Gasteiger partial charge in [-0.3, -0.25) is 10.6 Å². The number of nitrogen functional groups attached to an aromatic ring is 1. The molecule has 9 nitrogen and oxygen atoms in total. The number of aromatic nitrogens is 4. The van der Waals surface area contributed by atoms with Gasteiger partial charge in [0, 0.05) is 11.5 Å². The number of nitrogens with two attached hydrogens (primary N) is 1. The van der Waals surface area contributed by atoms with E-state index in [0.717, 1.165) is 25.2 Å². The highest BCUT2D eigenvalue weighted by molar-refractivity contribution is 7.09. The molecule has 0 aliphatic carbocycles. The number of aryl methyl sites for hydroxylation is 2. The van der Waals surface area contributed by atoms with E-state index in [0.29, 0.717) is 22.5 Å². The molecule has 0 spiro atoms. The minimum absolute atomic E-state index is 0.106. The zero-order valence-electron chi connectivity index (χ0n) is 11.9. The van der Waals surface area contributed by atoms with E-state index >= 15 is 0 Å². The predicted octanol–water partition coefficient (Wildman–Crippen LogP) is 1.39. The summed E-state index contributed by atoms with van der Waals surface area (Å²) in [7, 11) is 0. The number of hydrogen-bond donors (Lipinski definition) is 3. The second-order valence-electron chi connectivity index (χ2n) is 4.75. The lowest BCUT2D eigenvalue weighted by atomic mass is 10.3. The van der Waals surface area contributed by atoms with E-state index in [4.69, 9.17) is 5.73 Å². The van der Waals surface area contributed by atoms with Crippen molar-refractivity contribution in [2.75, 3.05) is 18.8 Å². The SMILES string of the molecule is Cc1nsc(N=Nc2c(C)nn(C3NCCCN3)c2N)n1. The molecule has 0 saturated carbocycles. The minimum Gasteiger partial charge on any atom is -0.382 e. The third-order valence-electron chi connectivity index (χ3n) is 3.12. The minimum atomic E-state index is -0.106. The molecule has 0 radical (unpaired) electrons. The Bertz CT molecular complexity index is 653. The van der Waals surface area contributed by atoms with Gasteiger partial charge in [0.2, 0.25) is 5.13 Å². The van der Waals surface area contributed by atoms with Crippen molar-refractivity contribution in [2.24, 2.45) is 10.2 Å². The highest BCUT2D eigenvalue weighted by Crippen LogP contribution is 2.30. The van der Waals surface area contributed by atoms with Crippen molar-refractivity contribution in [1.29, 1.82) is 0 Å². The molecule has 112 valence electrons. The van der Waals surface area contributed by atoms with Crippen LogP contribution in [0.4, 0.5) is 16.6 Å². The van der Waals surface area contributed by atoms with Gasteiger partial charge in [0.1, 0.15) is 5.82 Å². The van der Waals surface area contributed by atoms with Crippen LogP contribution in [0.3, 0.4) is 0 Å². The van der Waals surface area contributed by atoms with Gasteiger partial charge in [0.25, 0.3) is 0 Å². The molecule has 0 bridgehead atoms. The Kier molecular flexibility index (Phi) is 3.90. The zero-order chi connectivity index (χ0) is 14.8. The molecule has 3 heterocycles. The maximum atomic E-state index is 6.14. The average Bonchev–Trinajstić information content (AvgIpc) is 3.02. The molecule has 21 heavy (non-hydrogen) atoms. The Morgan fingerprint density at radius 2 is 2.05 bits per heavy atom. The normalized spacial score (nSPS) is 16.9. The largest absolute Gasteiger partial charge is 0.382 e. The van der Waals surface area contributed by atoms with Gasteiger partial charge >= 0.3 is 0 Å². The Labute approximate surface area is 125 Å². The fourth-order valence-corrected chi connectivity index (χ4v) is 2.61. The number of hydrogen-bond acceptors (Lipinski definition) is 9. The van der Waals surface area contributed by atoms with Crippen LogP contribution < -0.4 is 16.4 Å². The molecule has 3 rings (SSSR count). The smallest absolute Gasteiger partial charge is 0.249 e. The number of anilines is 1. The summed E-state index contributed by atoms with van der Waals surface area (Å²) in [4.78, 5) is 4.14. The van der Waals surface area contributed by atoms with Crippen molar-refractivity contribution in [3.63, 3.8) is 0 Å². The third-order valence-corrected chi connectivity index (χ3v) is 3.81. The molecule has 0 atom stereocenters. The quantitative estimate of drug-likeness (QED) is 0.737. The predicted molar refractivity (Wildman–Crippen MR) is 79.9 cm³/mol. The summed E-state index contributed by atoms with van der Waals surface area (Å²) in [5, 5.41) is 19.8. The van der Waals surface area contributed by atoms with E-state index < -0.39 is 0 Å². The molecule has 1 aliphatic rings. The van der Waals surface area contributed by atoms with Crippen molar-refractivity contribution >= 4 is 28.2 Å². The molecule has 0 unspecified atom stereocenters. The maximum absolute atomic E-state index is 6.14. The van der Waals surface area contributed by atoms with Crippen LogP contribution >= 0.6 is 11.5 Å². The second kappa shape index (κ2) is 5.84. The Morgan fingerprint density at radius 1 is 1.29 bits per heavy atom. The monoisotopic (exact) mass is 307 g/mol. The van der Waals surface area contributed by atoms with Gasteiger partial charge in [-0.15, -0.1) is 10.2 Å². The zero-order valence-corrected chi connectivity index (χ0v) is 12.7. The molecule has 0 amide bonds. The first-order chi connectivity index (χ1) is 10.1. The fourth-order valence-electron chi connectivity index (χ4n) is 2.11. The lowest BCUT2D eigenvalue weighted by Gasteiger charge is -2.25. The summed E-state index contributed by atoms with van der Waals surface area (Å²) in [6, 6.07) is 0. The molecule has 2 aromatic rings. The Balaban J connectivity index is 1.85. The van der Waals surface area contributed by atoms with E-state index in [1.807, 2.05) is 13.8 Å². The topological polar surface area (TPSA) is 118 Å². The highest BCUT2D eigenvalue weighted by Gasteiger charge is 2.20. The summed E-state index contributed by atoms with van der Waals surface area (Å²) in [5.41, 5.74) is 7.43. The van der Waals surface area contributed by atoms with Crippen LogP contribution in [0.25, 0.3) is 0 Å². The van der Waals surface area contributed by atoms with Crippen molar-refractivity contribution in [2.45, 2.75) is 26.6 Å². The lowest BCUT2D eigenvalue weighted by Crippen LogP contribution is -2.45. The first-order valence-corrected chi connectivity index (χ1v) is 7.46. The first kappa shape index (κ1) is 14.0. The van der Waals surface area contributed by atoms with Gasteiger partial charge in [-0.25, -0.2) is 9.67 Å². The third kappa shape index (κ3) is 2.91. The fraction of sp³-hybridized carbons (Fsp3) is 0.545. The van der Waals surface area contributed by atoms with Gasteiger partial charge in [-0.05, 0) is 33.4 Å². The van der Waals surface area contributed by atoms with E-state index in [1.165, 1.54) is 11.5 Å². The lowest BCUT2D eigenvalue weighted by molar-refractivity contribution is 0.270. The van der Waals surface area contributed by atoms with Crippen LogP contribution in [0, 0.1) is 13.8 Å². The maximum Gasteiger partial charge on any atom is 0.249 e. The summed E-state index contributed by atoms with van der Waals surface area (Å²) in [5.74, 6) is 1.16. The van der Waals surface area contributed by atoms with Crippen LogP contribution in [0.5, 0.6) is 0 Å². The molecule has 2 aromatic heterocycles. The summed E-state index contributed by atoms with van der Waals surface area (Å²) in [6.07, 6.45) is 0.977. The standard InChI is InChI=1S/C11H17N9S/c1-6-8(16-17-11-15-7(2)19-21-11)9(12)20(18-6)10-13-4-3-5-14-10/h10,13-14H,3-5,12H2,1-2H3. The molecule has 10 heteroatoms. The van der Waals surface area contributed by atoms with E-state index in [-0.39, 0.29) is 6.29 Å². The van der Waals surface area contributed by atoms with Crippen LogP contribution in [-0.4, -0.2) is 32.2 Å². The molecule has 4 N–H and O–H groups in total. The van der Waals surface area contributed by atoms with Crippen molar-refractivity contribution in [3.05, 3.63) is 11.5 Å². The van der Waals surface area contributed by atoms with Gasteiger partial charge in [-0.2, -0.15) is 9.47 Å². The van der Waals surface area contributed by atoms with Crippen molar-refractivity contribution < 1.29 is 0 Å². The Morgan fingerprint density at radius 3 is 2.71 bits per heavy atom. The summed E-state index contributed by atoms with van der Waals surface area (Å²) in [6.45, 7) is 5.52. The number of azo groups is 1. The average molecular weight is 307 g/mol. The molecule has 1 saturated heterocycles. The van der Waals surface area contributed by atoms with E-state index in [9.17, 15) is 0 Å². The highest BCUT2D eigenvalue weighted by atomic mass is 32.1. The first-order valence-electron chi connectivity index (χ1n) is 6.68. The number of nitrogens with one attached hydrogen (secondary N) is 2. The van der Waals surface area contributed by atoms with E-state index in [2.05, 4.69) is 35.3 Å². The molecule has 1 aliphatic heterocycles. The van der Waals surface area contributed by atoms with Gasteiger partial charge in [0.15, 0.2) is 17.8 Å². The molecular formula is C11H17N9S. The number of rotatable bonds is 3. The number of nitrogens with zero attached hydrogens (tertiary/aromatic N) is 6. The van der Waals surface area contributed by atoms with Crippen molar-refractivity contribution in [1.82, 2.24) is 29.8 Å². The van der Waals surface area contributed by atoms with Gasteiger partial charge < -0.3 is 5.73 Å². The van der Waals surface area contributed by atoms with E-state index in [1.54, 1.807) is 4.68 Å².